The standard InChI is InChI=1S/C14H22N2OS/c1-11-4-5-13(10-12(11)2)18-9-6-14(17)16-8-3-7-15/h4-5,10H,3,6-9,15H2,1-2H3,(H,16,17). The second-order valence-electron chi connectivity index (χ2n) is 4.34. The van der Waals surface area contributed by atoms with E-state index in [0.29, 0.717) is 19.5 Å². The topological polar surface area (TPSA) is 55.1 Å². The Morgan fingerprint density at radius 3 is 2.78 bits per heavy atom. The molecule has 3 nitrogen and oxygen atoms in total. The van der Waals surface area contributed by atoms with Gasteiger partial charge in [0.25, 0.3) is 0 Å². The van der Waals surface area contributed by atoms with E-state index in [4.69, 9.17) is 5.73 Å². The van der Waals surface area contributed by atoms with Crippen molar-refractivity contribution in [2.45, 2.75) is 31.6 Å². The number of thioether (sulfide) groups is 1. The third-order valence-electron chi connectivity index (χ3n) is 2.78. The Bertz CT molecular complexity index is 393. The third-order valence-corrected chi connectivity index (χ3v) is 3.77. The number of amides is 1. The van der Waals surface area contributed by atoms with Gasteiger partial charge in [-0.05, 0) is 50.1 Å². The number of carbonyl (C=O) groups is 1. The van der Waals surface area contributed by atoms with E-state index in [0.717, 1.165) is 12.2 Å². The van der Waals surface area contributed by atoms with Crippen LogP contribution in [0, 0.1) is 13.8 Å². The van der Waals surface area contributed by atoms with Crippen LogP contribution in [-0.2, 0) is 4.79 Å². The molecule has 0 radical (unpaired) electrons. The second-order valence-corrected chi connectivity index (χ2v) is 5.51. The summed E-state index contributed by atoms with van der Waals surface area (Å²) in [5.41, 5.74) is 7.96. The molecular formula is C14H22N2OS. The summed E-state index contributed by atoms with van der Waals surface area (Å²) in [6.45, 7) is 5.52. The summed E-state index contributed by atoms with van der Waals surface area (Å²) in [5, 5.41) is 2.86. The number of hydrogen-bond acceptors (Lipinski definition) is 3. The van der Waals surface area contributed by atoms with Crippen LogP contribution in [0.25, 0.3) is 0 Å². The molecule has 0 atom stereocenters. The van der Waals surface area contributed by atoms with Gasteiger partial charge in [0.05, 0.1) is 0 Å². The molecule has 0 heterocycles. The summed E-state index contributed by atoms with van der Waals surface area (Å²) in [6.07, 6.45) is 1.40. The molecule has 18 heavy (non-hydrogen) atoms. The Morgan fingerprint density at radius 1 is 1.33 bits per heavy atom. The van der Waals surface area contributed by atoms with E-state index in [-0.39, 0.29) is 5.91 Å². The highest BCUT2D eigenvalue weighted by Crippen LogP contribution is 2.21. The zero-order chi connectivity index (χ0) is 13.4. The van der Waals surface area contributed by atoms with Crippen LogP contribution in [0.4, 0.5) is 0 Å². The monoisotopic (exact) mass is 266 g/mol. The number of benzene rings is 1. The van der Waals surface area contributed by atoms with Crippen LogP contribution in [0.1, 0.15) is 24.0 Å². The fourth-order valence-corrected chi connectivity index (χ4v) is 2.43. The van der Waals surface area contributed by atoms with Gasteiger partial charge in [-0.3, -0.25) is 4.79 Å². The Kier molecular flexibility index (Phi) is 6.83. The highest BCUT2D eigenvalue weighted by molar-refractivity contribution is 7.99. The second kappa shape index (κ2) is 8.16. The van der Waals surface area contributed by atoms with Gasteiger partial charge in [0, 0.05) is 23.6 Å². The van der Waals surface area contributed by atoms with Crippen molar-refractivity contribution in [3.63, 3.8) is 0 Å². The number of rotatable bonds is 7. The van der Waals surface area contributed by atoms with E-state index in [2.05, 4.69) is 37.4 Å². The van der Waals surface area contributed by atoms with E-state index in [1.54, 1.807) is 11.8 Å². The lowest BCUT2D eigenvalue weighted by atomic mass is 10.1. The minimum absolute atomic E-state index is 0.111. The number of nitrogens with one attached hydrogen (secondary N) is 1. The maximum Gasteiger partial charge on any atom is 0.220 e. The zero-order valence-corrected chi connectivity index (χ0v) is 12.0. The summed E-state index contributed by atoms with van der Waals surface area (Å²) in [6, 6.07) is 6.41. The van der Waals surface area contributed by atoms with Crippen LogP contribution >= 0.6 is 11.8 Å². The molecule has 3 N–H and O–H groups in total. The van der Waals surface area contributed by atoms with E-state index in [9.17, 15) is 4.79 Å². The maximum absolute atomic E-state index is 11.5. The largest absolute Gasteiger partial charge is 0.356 e. The van der Waals surface area contributed by atoms with Crippen LogP contribution < -0.4 is 11.1 Å². The highest BCUT2D eigenvalue weighted by Gasteiger charge is 2.02. The summed E-state index contributed by atoms with van der Waals surface area (Å²) < 4.78 is 0. The minimum Gasteiger partial charge on any atom is -0.356 e. The lowest BCUT2D eigenvalue weighted by molar-refractivity contribution is -0.120. The minimum atomic E-state index is 0.111. The Hall–Kier alpha value is -1.00. The molecule has 0 saturated heterocycles. The van der Waals surface area contributed by atoms with Crippen LogP contribution in [-0.4, -0.2) is 24.7 Å². The molecule has 0 saturated carbocycles. The molecule has 100 valence electrons. The van der Waals surface area contributed by atoms with Crippen molar-refractivity contribution >= 4 is 17.7 Å². The zero-order valence-electron chi connectivity index (χ0n) is 11.2. The SMILES string of the molecule is Cc1ccc(SCCC(=O)NCCCN)cc1C. The van der Waals surface area contributed by atoms with Gasteiger partial charge in [-0.2, -0.15) is 0 Å². The van der Waals surface area contributed by atoms with Gasteiger partial charge in [-0.1, -0.05) is 6.07 Å². The molecule has 0 aliphatic carbocycles. The average Bonchev–Trinajstić information content (AvgIpc) is 2.34. The van der Waals surface area contributed by atoms with Crippen molar-refractivity contribution in [1.82, 2.24) is 5.32 Å². The maximum atomic E-state index is 11.5. The first kappa shape index (κ1) is 15.1. The van der Waals surface area contributed by atoms with Crippen molar-refractivity contribution in [2.75, 3.05) is 18.8 Å². The van der Waals surface area contributed by atoms with E-state index in [1.165, 1.54) is 16.0 Å². The van der Waals surface area contributed by atoms with Crippen molar-refractivity contribution in [2.24, 2.45) is 5.73 Å². The van der Waals surface area contributed by atoms with Crippen LogP contribution in [0.15, 0.2) is 23.1 Å². The smallest absolute Gasteiger partial charge is 0.220 e. The molecule has 4 heteroatoms. The molecule has 0 fully saturated rings. The third kappa shape index (κ3) is 5.56. The quantitative estimate of drug-likeness (QED) is 0.588. The van der Waals surface area contributed by atoms with Gasteiger partial charge in [0.2, 0.25) is 5.91 Å². The predicted molar refractivity (Wildman–Crippen MR) is 77.9 cm³/mol. The first-order chi connectivity index (χ1) is 8.63. The van der Waals surface area contributed by atoms with Gasteiger partial charge >= 0.3 is 0 Å². The molecule has 1 aromatic carbocycles. The van der Waals surface area contributed by atoms with Crippen LogP contribution in [0.5, 0.6) is 0 Å². The van der Waals surface area contributed by atoms with Crippen molar-refractivity contribution in [1.29, 1.82) is 0 Å². The van der Waals surface area contributed by atoms with Crippen molar-refractivity contribution in [3.8, 4) is 0 Å². The van der Waals surface area contributed by atoms with Crippen LogP contribution in [0.2, 0.25) is 0 Å². The van der Waals surface area contributed by atoms with Crippen molar-refractivity contribution < 1.29 is 4.79 Å². The summed E-state index contributed by atoms with van der Waals surface area (Å²) in [4.78, 5) is 12.7. The molecule has 0 unspecified atom stereocenters. The number of aryl methyl sites for hydroxylation is 2. The Morgan fingerprint density at radius 2 is 2.11 bits per heavy atom. The van der Waals surface area contributed by atoms with Crippen molar-refractivity contribution in [3.05, 3.63) is 29.3 Å². The normalized spacial score (nSPS) is 10.4. The molecule has 0 aliphatic rings. The molecular weight excluding hydrogens is 244 g/mol. The Balaban J connectivity index is 2.24. The van der Waals surface area contributed by atoms with Crippen LogP contribution in [0.3, 0.4) is 0 Å². The molecule has 0 aliphatic heterocycles. The first-order valence-corrected chi connectivity index (χ1v) is 7.29. The van der Waals surface area contributed by atoms with Gasteiger partial charge in [-0.15, -0.1) is 11.8 Å². The number of hydrogen-bond donors (Lipinski definition) is 2. The highest BCUT2D eigenvalue weighted by atomic mass is 32.2. The first-order valence-electron chi connectivity index (χ1n) is 6.30. The molecule has 0 bridgehead atoms. The molecule has 1 aromatic rings. The summed E-state index contributed by atoms with van der Waals surface area (Å²) >= 11 is 1.73. The lowest BCUT2D eigenvalue weighted by Crippen LogP contribution is -2.26. The molecule has 0 aromatic heterocycles. The average molecular weight is 266 g/mol. The van der Waals surface area contributed by atoms with E-state index in [1.807, 2.05) is 0 Å². The molecule has 1 rings (SSSR count). The van der Waals surface area contributed by atoms with E-state index < -0.39 is 0 Å². The van der Waals surface area contributed by atoms with Gasteiger partial charge in [-0.25, -0.2) is 0 Å². The molecule has 1 amide bonds. The summed E-state index contributed by atoms with van der Waals surface area (Å²) in [5.74, 6) is 0.927. The number of carbonyl (C=O) groups excluding carboxylic acids is 1. The molecule has 0 spiro atoms. The fourth-order valence-electron chi connectivity index (χ4n) is 1.48. The van der Waals surface area contributed by atoms with Gasteiger partial charge < -0.3 is 11.1 Å². The summed E-state index contributed by atoms with van der Waals surface area (Å²) in [7, 11) is 0. The van der Waals surface area contributed by atoms with Gasteiger partial charge in [0.1, 0.15) is 0 Å². The number of nitrogens with two attached hydrogens (primary N) is 1. The van der Waals surface area contributed by atoms with Gasteiger partial charge in [0.15, 0.2) is 0 Å². The fraction of sp³-hybridized carbons (Fsp3) is 0.500. The predicted octanol–water partition coefficient (Wildman–Crippen LogP) is 2.25. The van der Waals surface area contributed by atoms with E-state index >= 15 is 0 Å². The lowest BCUT2D eigenvalue weighted by Gasteiger charge is -2.06. The Labute approximate surface area is 114 Å².